The Morgan fingerprint density at radius 1 is 1.50 bits per heavy atom. The van der Waals surface area contributed by atoms with Gasteiger partial charge in [0.05, 0.1) is 5.56 Å². The number of halogens is 3. The maximum Gasteiger partial charge on any atom is 0.252 e. The molecule has 0 bridgehead atoms. The van der Waals surface area contributed by atoms with Crippen LogP contribution in [0.25, 0.3) is 0 Å². The molecule has 0 aliphatic carbocycles. The highest BCUT2D eigenvalue weighted by atomic mass is 127. The molecule has 1 N–H and O–H groups in total. The quantitative estimate of drug-likeness (QED) is 0.608. The Bertz CT molecular complexity index is 425. The molecule has 0 saturated carbocycles. The van der Waals surface area contributed by atoms with Crippen LogP contribution >= 0.6 is 34.2 Å². The number of rotatable bonds is 5. The van der Waals surface area contributed by atoms with Crippen LogP contribution in [-0.4, -0.2) is 17.8 Å². The molecule has 0 saturated heterocycles. The molecule has 1 amide bonds. The molecule has 2 nitrogen and oxygen atoms in total. The molecule has 5 heteroatoms. The minimum absolute atomic E-state index is 0.0378. The van der Waals surface area contributed by atoms with Gasteiger partial charge < -0.3 is 5.32 Å². The van der Waals surface area contributed by atoms with Crippen molar-refractivity contribution in [3.05, 3.63) is 33.1 Å². The van der Waals surface area contributed by atoms with Gasteiger partial charge >= 0.3 is 0 Å². The van der Waals surface area contributed by atoms with E-state index in [4.69, 9.17) is 11.6 Å². The van der Waals surface area contributed by atoms with Gasteiger partial charge in [-0.2, -0.15) is 0 Å². The summed E-state index contributed by atoms with van der Waals surface area (Å²) in [6.07, 6.45) is 0.725. The number of benzene rings is 1. The summed E-state index contributed by atoms with van der Waals surface area (Å²) < 4.78 is 13.6. The van der Waals surface area contributed by atoms with Crippen molar-refractivity contribution in [2.24, 2.45) is 5.92 Å². The predicted molar refractivity (Wildman–Crippen MR) is 80.5 cm³/mol. The van der Waals surface area contributed by atoms with Crippen LogP contribution in [0.4, 0.5) is 4.39 Å². The minimum Gasteiger partial charge on any atom is -0.349 e. The van der Waals surface area contributed by atoms with Gasteiger partial charge in [0.2, 0.25) is 0 Å². The van der Waals surface area contributed by atoms with Crippen molar-refractivity contribution in [3.8, 4) is 0 Å². The van der Waals surface area contributed by atoms with Gasteiger partial charge in [-0.05, 0) is 53.1 Å². The van der Waals surface area contributed by atoms with E-state index in [9.17, 15) is 9.18 Å². The second kappa shape index (κ2) is 7.28. The van der Waals surface area contributed by atoms with E-state index in [1.165, 1.54) is 18.2 Å². The second-order valence-electron chi connectivity index (χ2n) is 4.43. The molecule has 100 valence electrons. The van der Waals surface area contributed by atoms with Crippen molar-refractivity contribution in [1.82, 2.24) is 5.32 Å². The lowest BCUT2D eigenvalue weighted by atomic mass is 10.0. The Morgan fingerprint density at radius 2 is 2.17 bits per heavy atom. The first-order chi connectivity index (χ1) is 8.45. The number of alkyl halides is 1. The van der Waals surface area contributed by atoms with Gasteiger partial charge in [0.1, 0.15) is 5.82 Å². The van der Waals surface area contributed by atoms with Crippen LogP contribution < -0.4 is 5.32 Å². The lowest BCUT2D eigenvalue weighted by molar-refractivity contribution is 0.0924. The normalized spacial score (nSPS) is 12.6. The lowest BCUT2D eigenvalue weighted by Crippen LogP contribution is -2.39. The number of carbonyl (C=O) groups is 1. The molecular formula is C13H16ClFINO. The van der Waals surface area contributed by atoms with E-state index in [1.807, 2.05) is 36.4 Å². The van der Waals surface area contributed by atoms with Crippen molar-refractivity contribution in [2.45, 2.75) is 26.3 Å². The minimum atomic E-state index is -0.336. The predicted octanol–water partition coefficient (Wildman–Crippen LogP) is 3.81. The fourth-order valence-electron chi connectivity index (χ4n) is 1.61. The Morgan fingerprint density at radius 3 is 2.67 bits per heavy atom. The first kappa shape index (κ1) is 15.7. The molecule has 1 rings (SSSR count). The number of hydrogen-bond donors (Lipinski definition) is 1. The average Bonchev–Trinajstić information content (AvgIpc) is 2.27. The molecular weight excluding hydrogens is 368 g/mol. The summed E-state index contributed by atoms with van der Waals surface area (Å²) in [6.45, 7) is 4.07. The maximum atomic E-state index is 13.0. The van der Waals surface area contributed by atoms with Gasteiger partial charge in [0, 0.05) is 15.5 Å². The van der Waals surface area contributed by atoms with Crippen LogP contribution in [0.3, 0.4) is 0 Å². The fraction of sp³-hybridized carbons (Fsp3) is 0.462. The number of amides is 1. The van der Waals surface area contributed by atoms with E-state index in [0.29, 0.717) is 20.9 Å². The van der Waals surface area contributed by atoms with Crippen LogP contribution in [0.15, 0.2) is 18.2 Å². The zero-order valence-electron chi connectivity index (χ0n) is 10.3. The monoisotopic (exact) mass is 383 g/mol. The highest BCUT2D eigenvalue weighted by Gasteiger charge is 2.18. The van der Waals surface area contributed by atoms with Crippen LogP contribution in [-0.2, 0) is 0 Å². The van der Waals surface area contributed by atoms with Crippen molar-refractivity contribution >= 4 is 40.1 Å². The van der Waals surface area contributed by atoms with Crippen molar-refractivity contribution in [1.29, 1.82) is 0 Å². The maximum absolute atomic E-state index is 13.0. The zero-order valence-corrected chi connectivity index (χ0v) is 13.3. The average molecular weight is 384 g/mol. The lowest BCUT2D eigenvalue weighted by Gasteiger charge is -2.21. The highest BCUT2D eigenvalue weighted by molar-refractivity contribution is 14.1. The Kier molecular flexibility index (Phi) is 6.35. The smallest absolute Gasteiger partial charge is 0.252 e. The van der Waals surface area contributed by atoms with Gasteiger partial charge in [-0.25, -0.2) is 4.39 Å². The van der Waals surface area contributed by atoms with Gasteiger partial charge in [-0.1, -0.05) is 13.8 Å². The van der Waals surface area contributed by atoms with Crippen molar-refractivity contribution in [2.75, 3.05) is 5.88 Å². The summed E-state index contributed by atoms with van der Waals surface area (Å²) in [6, 6.07) is 4.19. The number of carbonyl (C=O) groups excluding carboxylic acids is 1. The standard InChI is InChI=1S/C13H16ClFINO/c1-8(2)12(5-6-14)17-13(18)10-4-3-9(15)7-11(10)16/h3-4,7-8,12H,5-6H2,1-2H3,(H,17,18). The molecule has 1 aromatic carbocycles. The molecule has 0 aromatic heterocycles. The van der Waals surface area contributed by atoms with Crippen LogP contribution in [0.2, 0.25) is 0 Å². The summed E-state index contributed by atoms with van der Waals surface area (Å²) in [5.41, 5.74) is 0.497. The van der Waals surface area contributed by atoms with Gasteiger partial charge in [-0.15, -0.1) is 11.6 Å². The summed E-state index contributed by atoms with van der Waals surface area (Å²) >= 11 is 7.68. The zero-order chi connectivity index (χ0) is 13.7. The van der Waals surface area contributed by atoms with E-state index in [1.54, 1.807) is 0 Å². The molecule has 0 heterocycles. The SMILES string of the molecule is CC(C)C(CCCl)NC(=O)c1ccc(F)cc1I. The molecule has 0 aliphatic rings. The molecule has 1 unspecified atom stereocenters. The third-order valence-corrected chi connectivity index (χ3v) is 3.83. The van der Waals surface area contributed by atoms with Crippen molar-refractivity contribution in [3.63, 3.8) is 0 Å². The third-order valence-electron chi connectivity index (χ3n) is 2.72. The number of hydrogen-bond acceptors (Lipinski definition) is 1. The fourth-order valence-corrected chi connectivity index (χ4v) is 2.57. The van der Waals surface area contributed by atoms with E-state index in [-0.39, 0.29) is 17.8 Å². The van der Waals surface area contributed by atoms with Gasteiger partial charge in [0.15, 0.2) is 0 Å². The number of nitrogens with one attached hydrogen (secondary N) is 1. The van der Waals surface area contributed by atoms with E-state index in [2.05, 4.69) is 5.32 Å². The van der Waals surface area contributed by atoms with Gasteiger partial charge in [0.25, 0.3) is 5.91 Å². The molecule has 0 aliphatic heterocycles. The molecule has 1 atom stereocenters. The topological polar surface area (TPSA) is 29.1 Å². The molecule has 0 fully saturated rings. The first-order valence-corrected chi connectivity index (χ1v) is 7.39. The summed E-state index contributed by atoms with van der Waals surface area (Å²) in [7, 11) is 0. The van der Waals surface area contributed by atoms with Crippen LogP contribution in [0, 0.1) is 15.3 Å². The van der Waals surface area contributed by atoms with Gasteiger partial charge in [-0.3, -0.25) is 4.79 Å². The van der Waals surface area contributed by atoms with Crippen molar-refractivity contribution < 1.29 is 9.18 Å². The van der Waals surface area contributed by atoms with Crippen LogP contribution in [0.1, 0.15) is 30.6 Å². The molecule has 18 heavy (non-hydrogen) atoms. The third kappa shape index (κ3) is 4.39. The Hall–Kier alpha value is -0.360. The largest absolute Gasteiger partial charge is 0.349 e. The summed E-state index contributed by atoms with van der Waals surface area (Å²) in [5.74, 6) is 0.301. The van der Waals surface area contributed by atoms with Crippen LogP contribution in [0.5, 0.6) is 0 Å². The molecule has 0 radical (unpaired) electrons. The Balaban J connectivity index is 2.80. The summed E-state index contributed by atoms with van der Waals surface area (Å²) in [4.78, 5) is 12.1. The summed E-state index contributed by atoms with van der Waals surface area (Å²) in [5, 5.41) is 2.94. The molecule has 0 spiro atoms. The second-order valence-corrected chi connectivity index (χ2v) is 5.97. The highest BCUT2D eigenvalue weighted by Crippen LogP contribution is 2.15. The first-order valence-electron chi connectivity index (χ1n) is 5.77. The Labute approximate surface area is 125 Å². The van der Waals surface area contributed by atoms with E-state index >= 15 is 0 Å². The van der Waals surface area contributed by atoms with E-state index < -0.39 is 0 Å². The van der Waals surface area contributed by atoms with E-state index in [0.717, 1.165) is 6.42 Å². The molecule has 1 aromatic rings.